The maximum Gasteiger partial charge on any atom is 0.243 e. The fourth-order valence-electron chi connectivity index (χ4n) is 3.78. The summed E-state index contributed by atoms with van der Waals surface area (Å²) in [4.78, 5) is 14.6. The van der Waals surface area contributed by atoms with E-state index in [0.717, 1.165) is 22.3 Å². The predicted octanol–water partition coefficient (Wildman–Crippen LogP) is 2.39. The van der Waals surface area contributed by atoms with Gasteiger partial charge in [-0.25, -0.2) is 8.42 Å². The molecule has 150 valence electrons. The molecular formula is C21H26N2O4S. The van der Waals surface area contributed by atoms with Crippen LogP contribution in [0.4, 0.5) is 0 Å². The van der Waals surface area contributed by atoms with E-state index < -0.39 is 10.0 Å². The molecule has 2 aromatic carbocycles. The van der Waals surface area contributed by atoms with E-state index in [4.69, 9.17) is 0 Å². The summed E-state index contributed by atoms with van der Waals surface area (Å²) in [5.41, 5.74) is 3.37. The summed E-state index contributed by atoms with van der Waals surface area (Å²) >= 11 is 0. The standard InChI is InChI=1S/C21H26N2O4S/c1-15-12-16(2)21(17(3)13-15)28(26,27)23-10-8-22(9-11-23)20(25)14-18-4-6-19(24)7-5-18/h4-7,12-13,24H,8-11,14H2,1-3H3. The van der Waals surface area contributed by atoms with Gasteiger partial charge in [0.15, 0.2) is 0 Å². The second-order valence-corrected chi connectivity index (χ2v) is 9.23. The third kappa shape index (κ3) is 4.20. The predicted molar refractivity (Wildman–Crippen MR) is 108 cm³/mol. The lowest BCUT2D eigenvalue weighted by Gasteiger charge is -2.34. The third-order valence-electron chi connectivity index (χ3n) is 5.09. The Morgan fingerprint density at radius 1 is 0.964 bits per heavy atom. The molecule has 0 aromatic heterocycles. The largest absolute Gasteiger partial charge is 0.508 e. The normalized spacial score (nSPS) is 15.6. The van der Waals surface area contributed by atoms with Gasteiger partial charge in [-0.1, -0.05) is 29.8 Å². The number of hydrogen-bond donors (Lipinski definition) is 1. The molecule has 3 rings (SSSR count). The van der Waals surface area contributed by atoms with E-state index in [0.29, 0.717) is 18.0 Å². The maximum atomic E-state index is 13.1. The Bertz CT molecular complexity index is 953. The highest BCUT2D eigenvalue weighted by molar-refractivity contribution is 7.89. The number of nitrogens with zero attached hydrogens (tertiary/aromatic N) is 2. The van der Waals surface area contributed by atoms with Gasteiger partial charge in [0.1, 0.15) is 5.75 Å². The SMILES string of the molecule is Cc1cc(C)c(S(=O)(=O)N2CCN(C(=O)Cc3ccc(O)cc3)CC2)c(C)c1. The van der Waals surface area contributed by atoms with Crippen LogP contribution in [-0.2, 0) is 21.2 Å². The summed E-state index contributed by atoms with van der Waals surface area (Å²) in [6, 6.07) is 10.3. The number of sulfonamides is 1. The van der Waals surface area contributed by atoms with Gasteiger partial charge in [0.2, 0.25) is 15.9 Å². The Kier molecular flexibility index (Phi) is 5.76. The van der Waals surface area contributed by atoms with Gasteiger partial charge in [0.25, 0.3) is 0 Å². The van der Waals surface area contributed by atoms with Gasteiger partial charge in [-0.15, -0.1) is 0 Å². The van der Waals surface area contributed by atoms with E-state index in [9.17, 15) is 18.3 Å². The fourth-order valence-corrected chi connectivity index (χ4v) is 5.61. The van der Waals surface area contributed by atoms with Crippen molar-refractivity contribution in [2.45, 2.75) is 32.1 Å². The van der Waals surface area contributed by atoms with Crippen LogP contribution in [0.5, 0.6) is 5.75 Å². The Morgan fingerprint density at radius 2 is 1.50 bits per heavy atom. The third-order valence-corrected chi connectivity index (χ3v) is 7.29. The summed E-state index contributed by atoms with van der Waals surface area (Å²) in [6.45, 7) is 6.93. The molecule has 0 aliphatic carbocycles. The number of carbonyl (C=O) groups is 1. The second-order valence-electron chi connectivity index (χ2n) is 7.36. The zero-order valence-corrected chi connectivity index (χ0v) is 17.3. The minimum atomic E-state index is -3.59. The van der Waals surface area contributed by atoms with Crippen molar-refractivity contribution >= 4 is 15.9 Å². The number of hydrogen-bond acceptors (Lipinski definition) is 4. The van der Waals surface area contributed by atoms with Gasteiger partial charge in [-0.3, -0.25) is 4.79 Å². The monoisotopic (exact) mass is 402 g/mol. The van der Waals surface area contributed by atoms with Crippen molar-refractivity contribution in [3.63, 3.8) is 0 Å². The highest BCUT2D eigenvalue weighted by Crippen LogP contribution is 2.26. The molecule has 0 unspecified atom stereocenters. The Morgan fingerprint density at radius 3 is 2.04 bits per heavy atom. The van der Waals surface area contributed by atoms with Crippen molar-refractivity contribution in [1.82, 2.24) is 9.21 Å². The van der Waals surface area contributed by atoms with Crippen LogP contribution in [0.3, 0.4) is 0 Å². The zero-order chi connectivity index (χ0) is 20.5. The highest BCUT2D eigenvalue weighted by atomic mass is 32.2. The van der Waals surface area contributed by atoms with E-state index >= 15 is 0 Å². The van der Waals surface area contributed by atoms with Gasteiger partial charge in [0, 0.05) is 26.2 Å². The first-order valence-corrected chi connectivity index (χ1v) is 10.8. The van der Waals surface area contributed by atoms with Crippen molar-refractivity contribution in [3.8, 4) is 5.75 Å². The number of amides is 1. The molecule has 1 fully saturated rings. The van der Waals surface area contributed by atoms with Gasteiger partial charge in [0.05, 0.1) is 11.3 Å². The van der Waals surface area contributed by atoms with Crippen molar-refractivity contribution in [3.05, 3.63) is 58.7 Å². The number of phenolic OH excluding ortho intramolecular Hbond substituents is 1. The van der Waals surface area contributed by atoms with Crippen LogP contribution in [0, 0.1) is 20.8 Å². The lowest BCUT2D eigenvalue weighted by molar-refractivity contribution is -0.131. The van der Waals surface area contributed by atoms with Crippen LogP contribution in [0.25, 0.3) is 0 Å². The van der Waals surface area contributed by atoms with Gasteiger partial charge in [-0.05, 0) is 49.6 Å². The average Bonchev–Trinajstić information content (AvgIpc) is 2.62. The number of piperazine rings is 1. The first kappa shape index (κ1) is 20.4. The van der Waals surface area contributed by atoms with Crippen molar-refractivity contribution in [2.24, 2.45) is 0 Å². The van der Waals surface area contributed by atoms with E-state index in [1.54, 1.807) is 29.2 Å². The molecule has 6 nitrogen and oxygen atoms in total. The number of phenols is 1. The summed E-state index contributed by atoms with van der Waals surface area (Å²) in [6.07, 6.45) is 0.239. The number of aryl methyl sites for hydroxylation is 3. The van der Waals surface area contributed by atoms with Crippen molar-refractivity contribution in [1.29, 1.82) is 0 Å². The Balaban J connectivity index is 1.68. The Hall–Kier alpha value is -2.38. The van der Waals surface area contributed by atoms with Gasteiger partial charge < -0.3 is 10.0 Å². The number of aromatic hydroxyl groups is 1. The molecule has 0 spiro atoms. The van der Waals surface area contributed by atoms with Crippen LogP contribution in [0.2, 0.25) is 0 Å². The summed E-state index contributed by atoms with van der Waals surface area (Å²) in [7, 11) is -3.59. The van der Waals surface area contributed by atoms with Gasteiger partial charge in [-0.2, -0.15) is 4.31 Å². The second kappa shape index (κ2) is 7.93. The molecule has 1 aliphatic heterocycles. The average molecular weight is 403 g/mol. The van der Waals surface area contributed by atoms with Gasteiger partial charge >= 0.3 is 0 Å². The first-order valence-electron chi connectivity index (χ1n) is 9.32. The molecule has 1 amide bonds. The minimum absolute atomic E-state index is 0.0366. The molecule has 7 heteroatoms. The molecule has 1 saturated heterocycles. The van der Waals surface area contributed by atoms with Crippen molar-refractivity contribution in [2.75, 3.05) is 26.2 Å². The van der Waals surface area contributed by atoms with Crippen LogP contribution < -0.4 is 0 Å². The molecule has 1 N–H and O–H groups in total. The fraction of sp³-hybridized carbons (Fsp3) is 0.381. The smallest absolute Gasteiger partial charge is 0.243 e. The van der Waals surface area contributed by atoms with Crippen molar-refractivity contribution < 1.29 is 18.3 Å². The summed E-state index contributed by atoms with van der Waals surface area (Å²) in [5.74, 6) is 0.127. The molecule has 0 bridgehead atoms. The topological polar surface area (TPSA) is 77.9 Å². The van der Waals surface area contributed by atoms with E-state index in [2.05, 4.69) is 0 Å². The van der Waals surface area contributed by atoms with Crippen LogP contribution in [-0.4, -0.2) is 54.8 Å². The summed E-state index contributed by atoms with van der Waals surface area (Å²) < 4.78 is 27.8. The van der Waals surface area contributed by atoms with Crippen LogP contribution in [0.1, 0.15) is 22.3 Å². The molecule has 1 heterocycles. The maximum absolute atomic E-state index is 13.1. The molecule has 1 aliphatic rings. The zero-order valence-electron chi connectivity index (χ0n) is 16.5. The molecule has 28 heavy (non-hydrogen) atoms. The quantitative estimate of drug-likeness (QED) is 0.852. The lowest BCUT2D eigenvalue weighted by Crippen LogP contribution is -2.51. The highest BCUT2D eigenvalue weighted by Gasteiger charge is 2.32. The van der Waals surface area contributed by atoms with E-state index in [-0.39, 0.29) is 31.2 Å². The number of benzene rings is 2. The number of carbonyl (C=O) groups excluding carboxylic acids is 1. The molecule has 0 radical (unpaired) electrons. The molecule has 0 saturated carbocycles. The minimum Gasteiger partial charge on any atom is -0.508 e. The lowest BCUT2D eigenvalue weighted by atomic mass is 10.1. The van der Waals surface area contributed by atoms with E-state index in [1.807, 2.05) is 32.9 Å². The Labute approximate surface area is 166 Å². The van der Waals surface area contributed by atoms with E-state index in [1.165, 1.54) is 4.31 Å². The first-order chi connectivity index (χ1) is 13.2. The molecular weight excluding hydrogens is 376 g/mol. The molecule has 0 atom stereocenters. The van der Waals surface area contributed by atoms with Crippen LogP contribution >= 0.6 is 0 Å². The summed E-state index contributed by atoms with van der Waals surface area (Å²) in [5, 5.41) is 9.34. The molecule has 2 aromatic rings. The van der Waals surface area contributed by atoms with Crippen LogP contribution in [0.15, 0.2) is 41.3 Å². The number of rotatable bonds is 4.